The van der Waals surface area contributed by atoms with Crippen molar-refractivity contribution in [1.29, 1.82) is 0 Å². The summed E-state index contributed by atoms with van der Waals surface area (Å²) in [7, 11) is 0. The first kappa shape index (κ1) is 9.92. The number of aromatic nitrogens is 1. The molecule has 15 heavy (non-hydrogen) atoms. The molecule has 0 spiro atoms. The fourth-order valence-corrected chi connectivity index (χ4v) is 1.34. The van der Waals surface area contributed by atoms with E-state index in [-0.39, 0.29) is 11.8 Å². The van der Waals surface area contributed by atoms with Gasteiger partial charge >= 0.3 is 0 Å². The molecule has 0 saturated carbocycles. The van der Waals surface area contributed by atoms with Crippen molar-refractivity contribution in [3.05, 3.63) is 23.9 Å². The minimum atomic E-state index is -0.608. The standard InChI is InChI=1S/C10H11N2O3/c11-10(13)8-2-1-3-9(12-8)15-7-4-5-14-6-7/h1,3,7H,4-6H2,(H2,11,13). The number of ether oxygens (including phenoxy) is 2. The zero-order chi connectivity index (χ0) is 10.7. The van der Waals surface area contributed by atoms with Crippen LogP contribution in [0.25, 0.3) is 0 Å². The lowest BCUT2D eigenvalue weighted by atomic mass is 10.3. The monoisotopic (exact) mass is 207 g/mol. The minimum Gasteiger partial charge on any atom is -0.472 e. The van der Waals surface area contributed by atoms with E-state index in [1.54, 1.807) is 12.1 Å². The molecular weight excluding hydrogens is 196 g/mol. The van der Waals surface area contributed by atoms with Crippen LogP contribution >= 0.6 is 0 Å². The molecule has 1 atom stereocenters. The fourth-order valence-electron chi connectivity index (χ4n) is 1.34. The molecule has 1 aliphatic rings. The summed E-state index contributed by atoms with van der Waals surface area (Å²) in [6.45, 7) is 1.26. The smallest absolute Gasteiger partial charge is 0.268 e. The van der Waals surface area contributed by atoms with E-state index in [1.165, 1.54) is 0 Å². The number of hydrogen-bond acceptors (Lipinski definition) is 4. The zero-order valence-corrected chi connectivity index (χ0v) is 8.10. The van der Waals surface area contributed by atoms with Crippen LogP contribution in [0.2, 0.25) is 0 Å². The van der Waals surface area contributed by atoms with Crippen LogP contribution in [0.15, 0.2) is 12.1 Å². The molecule has 1 aromatic rings. The zero-order valence-electron chi connectivity index (χ0n) is 8.10. The van der Waals surface area contributed by atoms with Gasteiger partial charge in [-0.1, -0.05) is 0 Å². The number of primary amides is 1. The quantitative estimate of drug-likeness (QED) is 0.765. The third kappa shape index (κ3) is 2.44. The van der Waals surface area contributed by atoms with Crippen molar-refractivity contribution >= 4 is 5.91 Å². The molecule has 79 valence electrons. The Labute approximate surface area is 87.2 Å². The van der Waals surface area contributed by atoms with Gasteiger partial charge in [0.15, 0.2) is 0 Å². The van der Waals surface area contributed by atoms with E-state index in [0.717, 1.165) is 6.42 Å². The van der Waals surface area contributed by atoms with Gasteiger partial charge in [0, 0.05) is 18.6 Å². The molecule has 5 nitrogen and oxygen atoms in total. The maximum absolute atomic E-state index is 10.8. The summed E-state index contributed by atoms with van der Waals surface area (Å²) in [5.41, 5.74) is 5.17. The second-order valence-corrected chi connectivity index (χ2v) is 3.24. The van der Waals surface area contributed by atoms with E-state index in [0.29, 0.717) is 19.1 Å². The number of rotatable bonds is 3. The van der Waals surface area contributed by atoms with Gasteiger partial charge in [0.05, 0.1) is 13.2 Å². The largest absolute Gasteiger partial charge is 0.472 e. The van der Waals surface area contributed by atoms with Crippen LogP contribution < -0.4 is 10.5 Å². The Morgan fingerprint density at radius 1 is 1.73 bits per heavy atom. The van der Waals surface area contributed by atoms with Gasteiger partial charge in [-0.05, 0) is 6.07 Å². The van der Waals surface area contributed by atoms with Crippen molar-refractivity contribution in [2.24, 2.45) is 5.73 Å². The number of pyridine rings is 1. The summed E-state index contributed by atoms with van der Waals surface area (Å²) in [5, 5.41) is 0. The fraction of sp³-hybridized carbons (Fsp3) is 0.400. The highest BCUT2D eigenvalue weighted by Gasteiger charge is 2.18. The van der Waals surface area contributed by atoms with E-state index in [9.17, 15) is 4.79 Å². The lowest BCUT2D eigenvalue weighted by Gasteiger charge is -2.10. The molecule has 0 aromatic carbocycles. The summed E-state index contributed by atoms with van der Waals surface area (Å²) in [5.74, 6) is -0.221. The SMILES string of the molecule is NC(=O)c1[c]ccc(OC2CCOC2)n1. The summed E-state index contributed by atoms with van der Waals surface area (Å²) in [6.07, 6.45) is 0.854. The van der Waals surface area contributed by atoms with Gasteiger partial charge in [-0.3, -0.25) is 4.79 Å². The van der Waals surface area contributed by atoms with Gasteiger partial charge in [0.2, 0.25) is 5.88 Å². The topological polar surface area (TPSA) is 74.4 Å². The van der Waals surface area contributed by atoms with Gasteiger partial charge in [-0.2, -0.15) is 0 Å². The molecule has 5 heteroatoms. The molecule has 1 amide bonds. The number of hydrogen-bond donors (Lipinski definition) is 1. The second kappa shape index (κ2) is 4.27. The van der Waals surface area contributed by atoms with Crippen LogP contribution in [0.3, 0.4) is 0 Å². The van der Waals surface area contributed by atoms with Crippen molar-refractivity contribution in [2.75, 3.05) is 13.2 Å². The maximum Gasteiger partial charge on any atom is 0.268 e. The van der Waals surface area contributed by atoms with E-state index in [4.69, 9.17) is 15.2 Å². The summed E-state index contributed by atoms with van der Waals surface area (Å²) in [4.78, 5) is 14.8. The number of carbonyl (C=O) groups excluding carboxylic acids is 1. The lowest BCUT2D eigenvalue weighted by molar-refractivity contribution is 0.0992. The van der Waals surface area contributed by atoms with Crippen molar-refractivity contribution < 1.29 is 14.3 Å². The number of carbonyl (C=O) groups is 1. The average Bonchev–Trinajstić information content (AvgIpc) is 2.71. The Bertz CT molecular complexity index is 361. The summed E-state index contributed by atoms with van der Waals surface area (Å²) >= 11 is 0. The highest BCUT2D eigenvalue weighted by atomic mass is 16.5. The van der Waals surface area contributed by atoms with E-state index in [2.05, 4.69) is 11.1 Å². The molecule has 1 aromatic heterocycles. The summed E-state index contributed by atoms with van der Waals surface area (Å²) < 4.78 is 10.7. The Kier molecular flexibility index (Phi) is 2.82. The molecule has 2 N–H and O–H groups in total. The molecule has 1 radical (unpaired) electrons. The van der Waals surface area contributed by atoms with Gasteiger partial charge in [0.1, 0.15) is 11.8 Å². The van der Waals surface area contributed by atoms with Gasteiger partial charge < -0.3 is 15.2 Å². The molecule has 1 saturated heterocycles. The van der Waals surface area contributed by atoms with Crippen molar-refractivity contribution in [2.45, 2.75) is 12.5 Å². The van der Waals surface area contributed by atoms with Gasteiger partial charge in [0.25, 0.3) is 5.91 Å². The normalized spacial score (nSPS) is 20.1. The van der Waals surface area contributed by atoms with Crippen molar-refractivity contribution in [1.82, 2.24) is 4.98 Å². The first-order chi connectivity index (χ1) is 7.25. The van der Waals surface area contributed by atoms with Crippen molar-refractivity contribution in [3.8, 4) is 5.88 Å². The Hall–Kier alpha value is -1.62. The number of nitrogens with zero attached hydrogens (tertiary/aromatic N) is 1. The highest BCUT2D eigenvalue weighted by Crippen LogP contribution is 2.14. The predicted octanol–water partition coefficient (Wildman–Crippen LogP) is 0.148. The number of nitrogens with two attached hydrogens (primary N) is 1. The van der Waals surface area contributed by atoms with Crippen LogP contribution in [0, 0.1) is 6.07 Å². The van der Waals surface area contributed by atoms with Crippen LogP contribution in [0.4, 0.5) is 0 Å². The van der Waals surface area contributed by atoms with Gasteiger partial charge in [-0.15, -0.1) is 0 Å². The van der Waals surface area contributed by atoms with E-state index < -0.39 is 5.91 Å². The molecule has 1 aliphatic heterocycles. The molecule has 2 rings (SSSR count). The van der Waals surface area contributed by atoms with E-state index in [1.807, 2.05) is 0 Å². The lowest BCUT2D eigenvalue weighted by Crippen LogP contribution is -2.18. The summed E-state index contributed by atoms with van der Waals surface area (Å²) in [6, 6.07) is 5.85. The first-order valence-electron chi connectivity index (χ1n) is 4.68. The highest BCUT2D eigenvalue weighted by molar-refractivity contribution is 5.90. The Balaban J connectivity index is 2.07. The van der Waals surface area contributed by atoms with E-state index >= 15 is 0 Å². The molecule has 0 aliphatic carbocycles. The predicted molar refractivity (Wildman–Crippen MR) is 51.4 cm³/mol. The average molecular weight is 207 g/mol. The Morgan fingerprint density at radius 3 is 3.27 bits per heavy atom. The maximum atomic E-state index is 10.8. The molecule has 1 fully saturated rings. The molecule has 1 unspecified atom stereocenters. The Morgan fingerprint density at radius 2 is 2.60 bits per heavy atom. The van der Waals surface area contributed by atoms with Crippen molar-refractivity contribution in [3.63, 3.8) is 0 Å². The van der Waals surface area contributed by atoms with Crippen LogP contribution in [-0.2, 0) is 4.74 Å². The number of amides is 1. The van der Waals surface area contributed by atoms with Crippen LogP contribution in [0.1, 0.15) is 16.9 Å². The minimum absolute atomic E-state index is 0.0145. The molecule has 0 bridgehead atoms. The van der Waals surface area contributed by atoms with Crippen LogP contribution in [0.5, 0.6) is 5.88 Å². The third-order valence-corrected chi connectivity index (χ3v) is 2.08. The molecular formula is C10H11N2O3. The van der Waals surface area contributed by atoms with Crippen LogP contribution in [-0.4, -0.2) is 30.2 Å². The molecule has 2 heterocycles. The third-order valence-electron chi connectivity index (χ3n) is 2.08. The second-order valence-electron chi connectivity index (χ2n) is 3.24. The van der Waals surface area contributed by atoms with Gasteiger partial charge in [-0.25, -0.2) is 4.98 Å². The first-order valence-corrected chi connectivity index (χ1v) is 4.68.